The van der Waals surface area contributed by atoms with Crippen LogP contribution in [0.5, 0.6) is 0 Å². The van der Waals surface area contributed by atoms with E-state index in [1.807, 2.05) is 0 Å². The first kappa shape index (κ1) is 26.4. The van der Waals surface area contributed by atoms with Gasteiger partial charge in [-0.25, -0.2) is 0 Å². The molecule has 0 amide bonds. The topological polar surface area (TPSA) is 9.86 Å². The normalized spacial score (nSPS) is 13.5. The summed E-state index contributed by atoms with van der Waals surface area (Å²) >= 11 is 0. The summed E-state index contributed by atoms with van der Waals surface area (Å²) in [5, 5.41) is 5.25. The highest BCUT2D eigenvalue weighted by Gasteiger charge is 2.41. The Morgan fingerprint density at radius 3 is 1.60 bits per heavy atom. The SMILES string of the molecule is CC1(C)c2ccccc2-c2c1c1c3ccccc3n(-c3ccc(-c4ccccc4)cc3)c1c1c2c2ccccc2n1-c1ccccc1. The molecule has 2 heterocycles. The lowest BCUT2D eigenvalue weighted by Gasteiger charge is -2.23. The van der Waals surface area contributed by atoms with E-state index in [2.05, 4.69) is 181 Å². The summed E-state index contributed by atoms with van der Waals surface area (Å²) in [6.07, 6.45) is 0. The lowest BCUT2D eigenvalue weighted by atomic mass is 9.80. The second-order valence-corrected chi connectivity index (χ2v) is 13.3. The molecule has 222 valence electrons. The minimum Gasteiger partial charge on any atom is -0.307 e. The highest BCUT2D eigenvalue weighted by Crippen LogP contribution is 2.58. The molecule has 10 rings (SSSR count). The molecule has 7 aromatic carbocycles. The Labute approximate surface area is 273 Å². The Morgan fingerprint density at radius 1 is 0.426 bits per heavy atom. The number of para-hydroxylation sites is 3. The predicted molar refractivity (Wildman–Crippen MR) is 198 cm³/mol. The average Bonchev–Trinajstić information content (AvgIpc) is 3.73. The van der Waals surface area contributed by atoms with Crippen LogP contribution >= 0.6 is 0 Å². The molecule has 0 aliphatic heterocycles. The summed E-state index contributed by atoms with van der Waals surface area (Å²) in [6.45, 7) is 4.83. The molecular weight excluding hydrogens is 569 g/mol. The van der Waals surface area contributed by atoms with Crippen molar-refractivity contribution in [2.24, 2.45) is 0 Å². The molecule has 2 nitrogen and oxygen atoms in total. The van der Waals surface area contributed by atoms with Crippen molar-refractivity contribution in [2.45, 2.75) is 19.3 Å². The van der Waals surface area contributed by atoms with Crippen molar-refractivity contribution in [1.29, 1.82) is 0 Å². The van der Waals surface area contributed by atoms with Gasteiger partial charge in [0.05, 0.1) is 22.1 Å². The van der Waals surface area contributed by atoms with Gasteiger partial charge in [-0.15, -0.1) is 0 Å². The van der Waals surface area contributed by atoms with Crippen molar-refractivity contribution in [1.82, 2.24) is 9.13 Å². The fourth-order valence-electron chi connectivity index (χ4n) is 8.51. The Morgan fingerprint density at radius 2 is 0.915 bits per heavy atom. The molecule has 9 aromatic rings. The van der Waals surface area contributed by atoms with Crippen LogP contribution in [0.15, 0.2) is 158 Å². The third-order valence-electron chi connectivity index (χ3n) is 10.5. The lowest BCUT2D eigenvalue weighted by molar-refractivity contribution is 0.667. The standard InChI is InChI=1S/C45H32N2/c1-45(2)36-22-12-9-19-33(36)39-40-34-20-10-13-23-37(34)46(31-17-7-4-8-18-31)43(40)44-41(42(39)45)35-21-11-14-24-38(35)47(44)32-27-25-30(26-28-32)29-15-5-3-6-16-29/h3-28H,1-2H3. The van der Waals surface area contributed by atoms with Crippen molar-refractivity contribution in [2.75, 3.05) is 0 Å². The van der Waals surface area contributed by atoms with E-state index in [1.54, 1.807) is 0 Å². The summed E-state index contributed by atoms with van der Waals surface area (Å²) < 4.78 is 5.04. The summed E-state index contributed by atoms with van der Waals surface area (Å²) in [5.41, 5.74) is 15.1. The maximum absolute atomic E-state index is 2.53. The van der Waals surface area contributed by atoms with Gasteiger partial charge in [-0.1, -0.05) is 135 Å². The first-order valence-electron chi connectivity index (χ1n) is 16.5. The Kier molecular flexibility index (Phi) is 5.37. The highest BCUT2D eigenvalue weighted by molar-refractivity contribution is 6.31. The summed E-state index contributed by atoms with van der Waals surface area (Å²) in [4.78, 5) is 0. The molecule has 47 heavy (non-hydrogen) atoms. The van der Waals surface area contributed by atoms with Gasteiger partial charge in [0, 0.05) is 38.3 Å². The second kappa shape index (κ2) is 9.57. The Bertz CT molecular complexity index is 2670. The third kappa shape index (κ3) is 3.50. The zero-order valence-electron chi connectivity index (χ0n) is 26.4. The summed E-state index contributed by atoms with van der Waals surface area (Å²) in [6, 6.07) is 57.7. The van der Waals surface area contributed by atoms with Crippen LogP contribution in [0.4, 0.5) is 0 Å². The molecule has 2 heteroatoms. The van der Waals surface area contributed by atoms with Crippen molar-refractivity contribution in [3.8, 4) is 33.6 Å². The fraction of sp³-hybridized carbons (Fsp3) is 0.0667. The number of rotatable bonds is 3. The fourth-order valence-corrected chi connectivity index (χ4v) is 8.51. The molecule has 0 unspecified atom stereocenters. The number of nitrogens with zero attached hydrogens (tertiary/aromatic N) is 2. The molecule has 0 N–H and O–H groups in total. The van der Waals surface area contributed by atoms with Gasteiger partial charge in [0.25, 0.3) is 0 Å². The Hall–Kier alpha value is -5.86. The van der Waals surface area contributed by atoms with Crippen LogP contribution in [0.2, 0.25) is 0 Å². The van der Waals surface area contributed by atoms with E-state index < -0.39 is 0 Å². The van der Waals surface area contributed by atoms with Crippen LogP contribution in [0, 0.1) is 0 Å². The van der Waals surface area contributed by atoms with Crippen LogP contribution in [0.25, 0.3) is 77.2 Å². The molecule has 0 atom stereocenters. The van der Waals surface area contributed by atoms with Crippen LogP contribution < -0.4 is 0 Å². The van der Waals surface area contributed by atoms with E-state index in [4.69, 9.17) is 0 Å². The first-order valence-corrected chi connectivity index (χ1v) is 16.5. The number of fused-ring (bicyclic) bond motifs is 12. The number of hydrogen-bond donors (Lipinski definition) is 0. The van der Waals surface area contributed by atoms with Crippen LogP contribution in [-0.4, -0.2) is 9.13 Å². The molecule has 0 spiro atoms. The number of hydrogen-bond acceptors (Lipinski definition) is 0. The first-order chi connectivity index (χ1) is 23.1. The molecule has 0 saturated heterocycles. The maximum atomic E-state index is 2.53. The van der Waals surface area contributed by atoms with E-state index in [0.717, 1.165) is 5.69 Å². The smallest absolute Gasteiger partial charge is 0.0795 e. The average molecular weight is 601 g/mol. The largest absolute Gasteiger partial charge is 0.307 e. The predicted octanol–water partition coefficient (Wildman–Crippen LogP) is 11.9. The molecule has 1 aliphatic rings. The molecule has 0 fully saturated rings. The number of aromatic nitrogens is 2. The summed E-state index contributed by atoms with van der Waals surface area (Å²) in [7, 11) is 0. The molecule has 0 radical (unpaired) electrons. The van der Waals surface area contributed by atoms with E-state index in [9.17, 15) is 0 Å². The molecular formula is C45H32N2. The van der Waals surface area contributed by atoms with Gasteiger partial charge in [0.2, 0.25) is 0 Å². The summed E-state index contributed by atoms with van der Waals surface area (Å²) in [5.74, 6) is 0. The van der Waals surface area contributed by atoms with E-state index in [-0.39, 0.29) is 5.41 Å². The molecule has 2 aromatic heterocycles. The van der Waals surface area contributed by atoms with Crippen molar-refractivity contribution >= 4 is 43.6 Å². The highest BCUT2D eigenvalue weighted by atomic mass is 15.0. The van der Waals surface area contributed by atoms with Gasteiger partial charge in [-0.3, -0.25) is 0 Å². The van der Waals surface area contributed by atoms with Crippen LogP contribution in [0.3, 0.4) is 0 Å². The quantitative estimate of drug-likeness (QED) is 0.191. The minimum absolute atomic E-state index is 0.180. The number of benzene rings is 7. The molecule has 1 aliphatic carbocycles. The van der Waals surface area contributed by atoms with Crippen molar-refractivity contribution in [3.63, 3.8) is 0 Å². The second-order valence-electron chi connectivity index (χ2n) is 13.3. The zero-order chi connectivity index (χ0) is 31.3. The maximum Gasteiger partial charge on any atom is 0.0795 e. The van der Waals surface area contributed by atoms with Crippen LogP contribution in [0.1, 0.15) is 25.0 Å². The van der Waals surface area contributed by atoms with E-state index >= 15 is 0 Å². The van der Waals surface area contributed by atoms with Gasteiger partial charge in [0.15, 0.2) is 0 Å². The van der Waals surface area contributed by atoms with Crippen molar-refractivity contribution < 1.29 is 0 Å². The van der Waals surface area contributed by atoms with Crippen LogP contribution in [-0.2, 0) is 5.41 Å². The van der Waals surface area contributed by atoms with Crippen molar-refractivity contribution in [3.05, 3.63) is 169 Å². The van der Waals surface area contributed by atoms with E-state index in [1.165, 1.54) is 82.7 Å². The van der Waals surface area contributed by atoms with Gasteiger partial charge >= 0.3 is 0 Å². The monoisotopic (exact) mass is 600 g/mol. The van der Waals surface area contributed by atoms with Gasteiger partial charge in [-0.05, 0) is 69.8 Å². The third-order valence-corrected chi connectivity index (χ3v) is 10.5. The Balaban J connectivity index is 1.47. The molecule has 0 bridgehead atoms. The van der Waals surface area contributed by atoms with Gasteiger partial charge in [0.1, 0.15) is 0 Å². The zero-order valence-corrected chi connectivity index (χ0v) is 26.4. The van der Waals surface area contributed by atoms with E-state index in [0.29, 0.717) is 0 Å². The minimum atomic E-state index is -0.180. The molecule has 0 saturated carbocycles. The van der Waals surface area contributed by atoms with Gasteiger partial charge in [-0.2, -0.15) is 0 Å². The van der Waals surface area contributed by atoms with Gasteiger partial charge < -0.3 is 9.13 Å². The lowest BCUT2D eigenvalue weighted by Crippen LogP contribution is -2.15.